The van der Waals surface area contributed by atoms with E-state index < -0.39 is 11.7 Å². The van der Waals surface area contributed by atoms with Crippen molar-refractivity contribution in [1.82, 2.24) is 4.90 Å². The number of alkyl halides is 3. The highest BCUT2D eigenvalue weighted by Gasteiger charge is 2.31. The summed E-state index contributed by atoms with van der Waals surface area (Å²) >= 11 is 0. The lowest BCUT2D eigenvalue weighted by molar-refractivity contribution is -0.137. The molecule has 0 amide bonds. The van der Waals surface area contributed by atoms with Gasteiger partial charge in [0.15, 0.2) is 0 Å². The van der Waals surface area contributed by atoms with Crippen LogP contribution in [0.4, 0.5) is 18.9 Å². The SMILES string of the molecule is CC(C)C(CN(C)C)Nc1ccc(C(F)(F)F)cc1C#N. The minimum Gasteiger partial charge on any atom is -0.380 e. The van der Waals surface area contributed by atoms with Gasteiger partial charge >= 0.3 is 6.18 Å². The van der Waals surface area contributed by atoms with Crippen molar-refractivity contribution in [3.8, 4) is 6.07 Å². The molecule has 0 aliphatic heterocycles. The Morgan fingerprint density at radius 1 is 1.29 bits per heavy atom. The van der Waals surface area contributed by atoms with E-state index >= 15 is 0 Å². The fourth-order valence-electron chi connectivity index (χ4n) is 1.96. The molecule has 0 bridgehead atoms. The van der Waals surface area contributed by atoms with Crippen molar-refractivity contribution < 1.29 is 13.2 Å². The molecule has 1 aromatic rings. The van der Waals surface area contributed by atoms with E-state index in [1.807, 2.05) is 38.9 Å². The van der Waals surface area contributed by atoms with Gasteiger partial charge in [-0.15, -0.1) is 0 Å². The van der Waals surface area contributed by atoms with Crippen LogP contribution in [0.15, 0.2) is 18.2 Å². The van der Waals surface area contributed by atoms with Crippen molar-refractivity contribution >= 4 is 5.69 Å². The van der Waals surface area contributed by atoms with Crippen LogP contribution in [0.5, 0.6) is 0 Å². The smallest absolute Gasteiger partial charge is 0.380 e. The number of halogens is 3. The summed E-state index contributed by atoms with van der Waals surface area (Å²) in [7, 11) is 3.85. The maximum Gasteiger partial charge on any atom is 0.416 e. The summed E-state index contributed by atoms with van der Waals surface area (Å²) in [6, 6.07) is 5.08. The number of anilines is 1. The molecule has 0 spiro atoms. The molecule has 0 radical (unpaired) electrons. The first-order valence-corrected chi connectivity index (χ1v) is 6.67. The average Bonchev–Trinajstić information content (AvgIpc) is 2.36. The fourth-order valence-corrected chi connectivity index (χ4v) is 1.96. The zero-order valence-electron chi connectivity index (χ0n) is 12.6. The minimum atomic E-state index is -4.44. The first kappa shape index (κ1) is 17.3. The summed E-state index contributed by atoms with van der Waals surface area (Å²) in [6.45, 7) is 4.78. The standard InChI is InChI=1S/C15H20F3N3/c1-10(2)14(9-21(3)4)20-13-6-5-12(15(16,17)18)7-11(13)8-19/h5-7,10,14,20H,9H2,1-4H3. The molecule has 1 rings (SSSR count). The molecule has 3 nitrogen and oxygen atoms in total. The Bertz CT molecular complexity index is 516. The number of hydrogen-bond donors (Lipinski definition) is 1. The van der Waals surface area contributed by atoms with Gasteiger partial charge in [0.2, 0.25) is 0 Å². The van der Waals surface area contributed by atoms with Gasteiger partial charge in [-0.1, -0.05) is 13.8 Å². The summed E-state index contributed by atoms with van der Waals surface area (Å²) in [4.78, 5) is 1.99. The largest absolute Gasteiger partial charge is 0.416 e. The topological polar surface area (TPSA) is 39.1 Å². The molecule has 0 aliphatic carbocycles. The Hall–Kier alpha value is -1.74. The van der Waals surface area contributed by atoms with Gasteiger partial charge in [-0.2, -0.15) is 18.4 Å². The Labute approximate surface area is 123 Å². The molecule has 6 heteroatoms. The second kappa shape index (κ2) is 6.81. The molecule has 116 valence electrons. The molecule has 0 fully saturated rings. The lowest BCUT2D eigenvalue weighted by atomic mass is 10.0. The molecule has 1 atom stereocenters. The molecule has 0 aromatic heterocycles. The minimum absolute atomic E-state index is 0.00855. The third kappa shape index (κ3) is 4.94. The van der Waals surface area contributed by atoms with Gasteiger partial charge in [-0.05, 0) is 38.2 Å². The van der Waals surface area contributed by atoms with E-state index in [4.69, 9.17) is 5.26 Å². The quantitative estimate of drug-likeness (QED) is 0.903. The number of nitrogens with zero attached hydrogens (tertiary/aromatic N) is 2. The number of hydrogen-bond acceptors (Lipinski definition) is 3. The summed E-state index contributed by atoms with van der Waals surface area (Å²) in [6.07, 6.45) is -4.44. The van der Waals surface area contributed by atoms with Crippen molar-refractivity contribution in [2.45, 2.75) is 26.1 Å². The molecule has 21 heavy (non-hydrogen) atoms. The van der Waals surface area contributed by atoms with Crippen molar-refractivity contribution in [3.63, 3.8) is 0 Å². The Morgan fingerprint density at radius 2 is 1.90 bits per heavy atom. The molecule has 1 unspecified atom stereocenters. The van der Waals surface area contributed by atoms with Crippen molar-refractivity contribution in [1.29, 1.82) is 5.26 Å². The molecule has 1 N–H and O–H groups in total. The predicted molar refractivity (Wildman–Crippen MR) is 77.0 cm³/mol. The normalized spacial score (nSPS) is 13.3. The second-order valence-electron chi connectivity index (χ2n) is 5.63. The first-order valence-electron chi connectivity index (χ1n) is 6.67. The number of nitriles is 1. The van der Waals surface area contributed by atoms with Gasteiger partial charge in [-0.3, -0.25) is 0 Å². The third-order valence-corrected chi connectivity index (χ3v) is 3.17. The van der Waals surface area contributed by atoms with Crippen LogP contribution in [0, 0.1) is 17.2 Å². The van der Waals surface area contributed by atoms with Crippen LogP contribution in [0.1, 0.15) is 25.0 Å². The number of benzene rings is 1. The zero-order chi connectivity index (χ0) is 16.2. The summed E-state index contributed by atoms with van der Waals surface area (Å²) < 4.78 is 38.0. The van der Waals surface area contributed by atoms with E-state index in [0.29, 0.717) is 5.69 Å². The predicted octanol–water partition coefficient (Wildman–Crippen LogP) is 3.58. The molecule has 1 aromatic carbocycles. The van der Waals surface area contributed by atoms with Crippen LogP contribution in [0.25, 0.3) is 0 Å². The number of nitrogens with one attached hydrogen (secondary N) is 1. The highest BCUT2D eigenvalue weighted by atomic mass is 19.4. The highest BCUT2D eigenvalue weighted by Crippen LogP contribution is 2.32. The number of rotatable bonds is 5. The maximum absolute atomic E-state index is 12.7. The lowest BCUT2D eigenvalue weighted by Crippen LogP contribution is -2.36. The van der Waals surface area contributed by atoms with Gasteiger partial charge < -0.3 is 10.2 Å². The summed E-state index contributed by atoms with van der Waals surface area (Å²) in [5.41, 5.74) is -0.362. The van der Waals surface area contributed by atoms with Crippen LogP contribution in [-0.2, 0) is 6.18 Å². The van der Waals surface area contributed by atoms with Crippen LogP contribution in [0.2, 0.25) is 0 Å². The van der Waals surface area contributed by atoms with Crippen molar-refractivity contribution in [3.05, 3.63) is 29.3 Å². The lowest BCUT2D eigenvalue weighted by Gasteiger charge is -2.27. The van der Waals surface area contributed by atoms with E-state index in [2.05, 4.69) is 5.32 Å². The highest BCUT2D eigenvalue weighted by molar-refractivity contribution is 5.59. The Kier molecular flexibility index (Phi) is 5.62. The van der Waals surface area contributed by atoms with E-state index in [-0.39, 0.29) is 17.5 Å². The second-order valence-corrected chi connectivity index (χ2v) is 5.63. The van der Waals surface area contributed by atoms with Gasteiger partial charge in [0.05, 0.1) is 16.8 Å². The van der Waals surface area contributed by atoms with Crippen LogP contribution >= 0.6 is 0 Å². The molecular formula is C15H20F3N3. The molecule has 0 aliphatic rings. The van der Waals surface area contributed by atoms with Crippen LogP contribution in [-0.4, -0.2) is 31.6 Å². The summed E-state index contributed by atoms with van der Waals surface area (Å²) in [5.74, 6) is 0.279. The first-order chi connectivity index (χ1) is 9.65. The van der Waals surface area contributed by atoms with Crippen LogP contribution < -0.4 is 5.32 Å². The average molecular weight is 299 g/mol. The molecule has 0 saturated carbocycles. The molecule has 0 saturated heterocycles. The zero-order valence-corrected chi connectivity index (χ0v) is 12.6. The van der Waals surface area contributed by atoms with E-state index in [1.54, 1.807) is 0 Å². The van der Waals surface area contributed by atoms with Gasteiger partial charge in [0.1, 0.15) is 6.07 Å². The number of likely N-dealkylation sites (N-methyl/N-ethyl adjacent to an activating group) is 1. The maximum atomic E-state index is 12.7. The van der Waals surface area contributed by atoms with Gasteiger partial charge in [0, 0.05) is 12.6 Å². The van der Waals surface area contributed by atoms with Crippen molar-refractivity contribution in [2.75, 3.05) is 26.0 Å². The van der Waals surface area contributed by atoms with E-state index in [9.17, 15) is 13.2 Å². The van der Waals surface area contributed by atoms with Gasteiger partial charge in [0.25, 0.3) is 0 Å². The van der Waals surface area contributed by atoms with E-state index in [0.717, 1.165) is 18.7 Å². The summed E-state index contributed by atoms with van der Waals surface area (Å²) in [5, 5.41) is 12.3. The van der Waals surface area contributed by atoms with Crippen molar-refractivity contribution in [2.24, 2.45) is 5.92 Å². The molecule has 0 heterocycles. The van der Waals surface area contributed by atoms with Gasteiger partial charge in [-0.25, -0.2) is 0 Å². The Morgan fingerprint density at radius 3 is 2.33 bits per heavy atom. The molecular weight excluding hydrogens is 279 g/mol. The van der Waals surface area contributed by atoms with E-state index in [1.165, 1.54) is 6.07 Å². The third-order valence-electron chi connectivity index (χ3n) is 3.17. The fraction of sp³-hybridized carbons (Fsp3) is 0.533. The van der Waals surface area contributed by atoms with Crippen LogP contribution in [0.3, 0.4) is 0 Å². The monoisotopic (exact) mass is 299 g/mol. The Balaban J connectivity index is 3.05.